The summed E-state index contributed by atoms with van der Waals surface area (Å²) in [6, 6.07) is 14.4. The number of phenolic OH excluding ortho intramolecular Hbond substituents is 1. The number of fused-ring (bicyclic) bond motifs is 1. The summed E-state index contributed by atoms with van der Waals surface area (Å²) in [7, 11) is 0. The summed E-state index contributed by atoms with van der Waals surface area (Å²) in [6.45, 7) is 0. The van der Waals surface area contributed by atoms with Gasteiger partial charge in [0.1, 0.15) is 5.75 Å². The van der Waals surface area contributed by atoms with Gasteiger partial charge in [-0.15, -0.1) is 0 Å². The highest BCUT2D eigenvalue weighted by Crippen LogP contribution is 2.20. The number of phenols is 1. The number of aromatic amines is 1. The van der Waals surface area contributed by atoms with Crippen LogP contribution in [0.3, 0.4) is 0 Å². The Labute approximate surface area is 116 Å². The first-order chi connectivity index (χ1) is 9.75. The number of aromatic nitrogens is 1. The van der Waals surface area contributed by atoms with Gasteiger partial charge in [-0.25, -0.2) is 0 Å². The molecule has 0 amide bonds. The molecule has 98 valence electrons. The molecule has 0 aliphatic rings. The van der Waals surface area contributed by atoms with E-state index in [1.807, 2.05) is 30.5 Å². The van der Waals surface area contributed by atoms with Crippen LogP contribution < -0.4 is 0 Å². The highest BCUT2D eigenvalue weighted by Gasteiger charge is 2.06. The van der Waals surface area contributed by atoms with E-state index >= 15 is 0 Å². The SMILES string of the molecule is O=C(/C=C/c1cccc2[nH]ccc12)c1ccccc1O. The Morgan fingerprint density at radius 3 is 2.75 bits per heavy atom. The number of hydrogen-bond acceptors (Lipinski definition) is 2. The average molecular weight is 263 g/mol. The van der Waals surface area contributed by atoms with Crippen molar-refractivity contribution >= 4 is 22.8 Å². The van der Waals surface area contributed by atoms with Gasteiger partial charge >= 0.3 is 0 Å². The van der Waals surface area contributed by atoms with Gasteiger partial charge < -0.3 is 10.1 Å². The first-order valence-electron chi connectivity index (χ1n) is 6.32. The fourth-order valence-electron chi connectivity index (χ4n) is 2.19. The van der Waals surface area contributed by atoms with Crippen molar-refractivity contribution in [1.29, 1.82) is 0 Å². The van der Waals surface area contributed by atoms with Gasteiger partial charge in [-0.1, -0.05) is 30.3 Å². The van der Waals surface area contributed by atoms with Crippen molar-refractivity contribution in [2.45, 2.75) is 0 Å². The predicted molar refractivity (Wildman–Crippen MR) is 79.8 cm³/mol. The highest BCUT2D eigenvalue weighted by atomic mass is 16.3. The Morgan fingerprint density at radius 2 is 1.90 bits per heavy atom. The molecule has 2 aromatic carbocycles. The molecular weight excluding hydrogens is 250 g/mol. The molecule has 0 spiro atoms. The molecule has 1 heterocycles. The molecule has 0 aliphatic heterocycles. The lowest BCUT2D eigenvalue weighted by Gasteiger charge is -2.00. The van der Waals surface area contributed by atoms with Crippen LogP contribution in [0.4, 0.5) is 0 Å². The maximum atomic E-state index is 12.1. The van der Waals surface area contributed by atoms with Crippen LogP contribution in [-0.4, -0.2) is 15.9 Å². The van der Waals surface area contributed by atoms with E-state index in [1.165, 1.54) is 12.1 Å². The third kappa shape index (κ3) is 2.21. The Kier molecular flexibility index (Phi) is 3.09. The van der Waals surface area contributed by atoms with E-state index in [9.17, 15) is 9.90 Å². The topological polar surface area (TPSA) is 53.1 Å². The van der Waals surface area contributed by atoms with E-state index in [1.54, 1.807) is 24.3 Å². The van der Waals surface area contributed by atoms with Crippen molar-refractivity contribution in [2.75, 3.05) is 0 Å². The van der Waals surface area contributed by atoms with E-state index in [4.69, 9.17) is 0 Å². The maximum Gasteiger partial charge on any atom is 0.189 e. The molecule has 0 radical (unpaired) electrons. The number of hydrogen-bond donors (Lipinski definition) is 2. The minimum Gasteiger partial charge on any atom is -0.507 e. The van der Waals surface area contributed by atoms with Crippen molar-refractivity contribution in [3.8, 4) is 5.75 Å². The highest BCUT2D eigenvalue weighted by molar-refractivity contribution is 6.09. The molecule has 1 aromatic heterocycles. The number of carbonyl (C=O) groups excluding carboxylic acids is 1. The molecule has 3 aromatic rings. The molecule has 3 rings (SSSR count). The normalized spacial score (nSPS) is 11.2. The first kappa shape index (κ1) is 12.2. The van der Waals surface area contributed by atoms with Crippen LogP contribution in [0.1, 0.15) is 15.9 Å². The van der Waals surface area contributed by atoms with Gasteiger partial charge in [0.2, 0.25) is 0 Å². The summed E-state index contributed by atoms with van der Waals surface area (Å²) < 4.78 is 0. The number of ketones is 1. The summed E-state index contributed by atoms with van der Waals surface area (Å²) in [5.74, 6) is -0.211. The second-order valence-electron chi connectivity index (χ2n) is 4.50. The zero-order valence-corrected chi connectivity index (χ0v) is 10.7. The molecule has 20 heavy (non-hydrogen) atoms. The monoisotopic (exact) mass is 263 g/mol. The van der Waals surface area contributed by atoms with E-state index in [0.717, 1.165) is 16.5 Å². The van der Waals surface area contributed by atoms with Crippen molar-refractivity contribution < 1.29 is 9.90 Å². The average Bonchev–Trinajstić information content (AvgIpc) is 2.94. The Balaban J connectivity index is 1.93. The lowest BCUT2D eigenvalue weighted by atomic mass is 10.1. The molecule has 0 atom stereocenters. The number of H-pyrrole nitrogens is 1. The molecule has 0 saturated heterocycles. The number of nitrogens with one attached hydrogen (secondary N) is 1. The second-order valence-corrected chi connectivity index (χ2v) is 4.50. The maximum absolute atomic E-state index is 12.1. The molecular formula is C17H13NO2. The molecule has 3 nitrogen and oxygen atoms in total. The fraction of sp³-hybridized carbons (Fsp3) is 0. The molecule has 3 heteroatoms. The van der Waals surface area contributed by atoms with Crippen LogP contribution in [0, 0.1) is 0 Å². The minimum absolute atomic E-state index is 0.00185. The number of allylic oxidation sites excluding steroid dienone is 1. The van der Waals surface area contributed by atoms with Crippen LogP contribution in [0.5, 0.6) is 5.75 Å². The van der Waals surface area contributed by atoms with Crippen molar-refractivity contribution in [2.24, 2.45) is 0 Å². The summed E-state index contributed by atoms with van der Waals surface area (Å²) >= 11 is 0. The largest absolute Gasteiger partial charge is 0.507 e. The van der Waals surface area contributed by atoms with E-state index in [0.29, 0.717) is 5.56 Å². The van der Waals surface area contributed by atoms with Gasteiger partial charge in [0.15, 0.2) is 5.78 Å². The smallest absolute Gasteiger partial charge is 0.189 e. The summed E-state index contributed by atoms with van der Waals surface area (Å²) in [6.07, 6.45) is 5.12. The summed E-state index contributed by atoms with van der Waals surface area (Å²) in [5.41, 5.74) is 2.31. The standard InChI is InChI=1S/C17H13NO2/c19-16-7-2-1-5-14(16)17(20)9-8-12-4-3-6-15-13(12)10-11-18-15/h1-11,18-19H/b9-8+. The third-order valence-electron chi connectivity index (χ3n) is 3.21. The summed E-state index contributed by atoms with van der Waals surface area (Å²) in [4.78, 5) is 15.2. The van der Waals surface area contributed by atoms with Crippen molar-refractivity contribution in [1.82, 2.24) is 4.98 Å². The van der Waals surface area contributed by atoms with Gasteiger partial charge in [-0.2, -0.15) is 0 Å². The Morgan fingerprint density at radius 1 is 1.05 bits per heavy atom. The van der Waals surface area contributed by atoms with Gasteiger partial charge in [-0.3, -0.25) is 4.79 Å². The zero-order chi connectivity index (χ0) is 13.9. The predicted octanol–water partition coefficient (Wildman–Crippen LogP) is 3.77. The molecule has 0 unspecified atom stereocenters. The minimum atomic E-state index is -0.212. The Hall–Kier alpha value is -2.81. The van der Waals surface area contributed by atoms with Crippen LogP contribution in [0.25, 0.3) is 17.0 Å². The Bertz CT molecular complexity index is 799. The quantitative estimate of drug-likeness (QED) is 0.558. The van der Waals surface area contributed by atoms with E-state index in [-0.39, 0.29) is 11.5 Å². The van der Waals surface area contributed by atoms with Gasteiger partial charge in [0.25, 0.3) is 0 Å². The van der Waals surface area contributed by atoms with Crippen LogP contribution in [-0.2, 0) is 0 Å². The lowest BCUT2D eigenvalue weighted by Crippen LogP contribution is -1.94. The number of aromatic hydroxyl groups is 1. The number of rotatable bonds is 3. The van der Waals surface area contributed by atoms with Crippen LogP contribution >= 0.6 is 0 Å². The molecule has 0 aliphatic carbocycles. The van der Waals surface area contributed by atoms with Gasteiger partial charge in [0.05, 0.1) is 5.56 Å². The van der Waals surface area contributed by atoms with Crippen molar-refractivity contribution in [3.05, 3.63) is 71.9 Å². The summed E-state index contributed by atoms with van der Waals surface area (Å²) in [5, 5.41) is 10.7. The number of para-hydroxylation sites is 1. The second kappa shape index (κ2) is 5.05. The third-order valence-corrected chi connectivity index (χ3v) is 3.21. The van der Waals surface area contributed by atoms with Gasteiger partial charge in [-0.05, 0) is 35.9 Å². The first-order valence-corrected chi connectivity index (χ1v) is 6.32. The molecule has 0 saturated carbocycles. The van der Waals surface area contributed by atoms with Crippen molar-refractivity contribution in [3.63, 3.8) is 0 Å². The lowest BCUT2D eigenvalue weighted by molar-refractivity contribution is 0.104. The van der Waals surface area contributed by atoms with Crippen LogP contribution in [0.2, 0.25) is 0 Å². The van der Waals surface area contributed by atoms with E-state index < -0.39 is 0 Å². The zero-order valence-electron chi connectivity index (χ0n) is 10.7. The molecule has 0 bridgehead atoms. The van der Waals surface area contributed by atoms with Crippen LogP contribution in [0.15, 0.2) is 60.8 Å². The van der Waals surface area contributed by atoms with Gasteiger partial charge in [0, 0.05) is 17.1 Å². The molecule has 0 fully saturated rings. The fourth-order valence-corrected chi connectivity index (χ4v) is 2.19. The van der Waals surface area contributed by atoms with E-state index in [2.05, 4.69) is 4.98 Å². The number of carbonyl (C=O) groups is 1. The number of benzene rings is 2. The molecule has 2 N–H and O–H groups in total.